The number of aliphatic hydroxyl groups is 1. The maximum atomic E-state index is 10.9. The van der Waals surface area contributed by atoms with E-state index in [1.807, 2.05) is 18.2 Å². The molecule has 1 unspecified atom stereocenters. The molecule has 1 N–H and O–H groups in total. The molecule has 1 nitrogen and oxygen atoms in total. The molecule has 1 heteroatoms. The van der Waals surface area contributed by atoms with Gasteiger partial charge in [0.15, 0.2) is 0 Å². The molecule has 21 heavy (non-hydrogen) atoms. The van der Waals surface area contributed by atoms with E-state index < -0.39 is 6.10 Å². The van der Waals surface area contributed by atoms with Crippen molar-refractivity contribution in [2.24, 2.45) is 5.92 Å². The summed E-state index contributed by atoms with van der Waals surface area (Å²) in [7, 11) is 0. The fourth-order valence-electron chi connectivity index (χ4n) is 3.58. The van der Waals surface area contributed by atoms with E-state index in [2.05, 4.69) is 48.5 Å². The largest absolute Gasteiger partial charge is 0.388 e. The molecule has 0 spiro atoms. The summed E-state index contributed by atoms with van der Waals surface area (Å²) in [6.45, 7) is 0. The van der Waals surface area contributed by atoms with Gasteiger partial charge in [-0.25, -0.2) is 0 Å². The van der Waals surface area contributed by atoms with Gasteiger partial charge in [0.05, 0.1) is 6.10 Å². The Morgan fingerprint density at radius 2 is 1.38 bits per heavy atom. The van der Waals surface area contributed by atoms with Crippen LogP contribution in [0.3, 0.4) is 0 Å². The second kappa shape index (κ2) is 5.01. The molecule has 0 aliphatic heterocycles. The Bertz CT molecular complexity index is 760. The molecule has 0 saturated heterocycles. The Balaban J connectivity index is 1.71. The van der Waals surface area contributed by atoms with E-state index in [0.29, 0.717) is 0 Å². The number of hydrogen-bond acceptors (Lipinski definition) is 1. The Morgan fingerprint density at radius 3 is 2.14 bits per heavy atom. The van der Waals surface area contributed by atoms with Crippen molar-refractivity contribution in [3.63, 3.8) is 0 Å². The van der Waals surface area contributed by atoms with Crippen molar-refractivity contribution in [1.82, 2.24) is 0 Å². The van der Waals surface area contributed by atoms with Crippen molar-refractivity contribution in [2.45, 2.75) is 18.9 Å². The first-order valence-electron chi connectivity index (χ1n) is 7.55. The lowest BCUT2D eigenvalue weighted by Gasteiger charge is -2.20. The van der Waals surface area contributed by atoms with Gasteiger partial charge in [0, 0.05) is 0 Å². The number of rotatable bonds is 2. The summed E-state index contributed by atoms with van der Waals surface area (Å²) in [6, 6.07) is 23.1. The molecule has 4 rings (SSSR count). The number of benzene rings is 3. The second-order valence-electron chi connectivity index (χ2n) is 5.95. The standard InChI is InChI=1S/C20H18O/c21-20(17-12-15-7-1-2-8-16(15)13-17)19-11-5-9-14-6-3-4-10-18(14)19/h1-11,17,20-21H,12-13H2. The second-order valence-corrected chi connectivity index (χ2v) is 5.95. The molecule has 104 valence electrons. The summed E-state index contributed by atoms with van der Waals surface area (Å²) in [4.78, 5) is 0. The molecular formula is C20H18O. The third-order valence-corrected chi connectivity index (χ3v) is 4.67. The van der Waals surface area contributed by atoms with E-state index in [-0.39, 0.29) is 5.92 Å². The fraction of sp³-hybridized carbons (Fsp3) is 0.200. The van der Waals surface area contributed by atoms with Gasteiger partial charge in [0.1, 0.15) is 0 Å². The quantitative estimate of drug-likeness (QED) is 0.739. The summed E-state index contributed by atoms with van der Waals surface area (Å²) >= 11 is 0. The molecule has 0 saturated carbocycles. The van der Waals surface area contributed by atoms with Crippen molar-refractivity contribution in [3.8, 4) is 0 Å². The highest BCUT2D eigenvalue weighted by Gasteiger charge is 2.28. The smallest absolute Gasteiger partial charge is 0.0830 e. The van der Waals surface area contributed by atoms with Crippen LogP contribution in [0.4, 0.5) is 0 Å². The normalized spacial score (nSPS) is 16.0. The van der Waals surface area contributed by atoms with Gasteiger partial charge in [0.2, 0.25) is 0 Å². The van der Waals surface area contributed by atoms with Crippen LogP contribution < -0.4 is 0 Å². The minimum Gasteiger partial charge on any atom is -0.388 e. The van der Waals surface area contributed by atoms with Gasteiger partial charge in [-0.3, -0.25) is 0 Å². The van der Waals surface area contributed by atoms with Crippen molar-refractivity contribution in [3.05, 3.63) is 83.4 Å². The Hall–Kier alpha value is -2.12. The van der Waals surface area contributed by atoms with Crippen molar-refractivity contribution >= 4 is 10.8 Å². The average Bonchev–Trinajstić information content (AvgIpc) is 2.97. The van der Waals surface area contributed by atoms with Gasteiger partial charge in [-0.05, 0) is 46.2 Å². The predicted molar refractivity (Wildman–Crippen MR) is 86.2 cm³/mol. The van der Waals surface area contributed by atoms with E-state index in [1.165, 1.54) is 21.9 Å². The molecule has 0 amide bonds. The van der Waals surface area contributed by atoms with Crippen LogP contribution >= 0.6 is 0 Å². The van der Waals surface area contributed by atoms with Crippen LogP contribution in [0.15, 0.2) is 66.7 Å². The van der Waals surface area contributed by atoms with Gasteiger partial charge in [-0.1, -0.05) is 66.7 Å². The fourth-order valence-corrected chi connectivity index (χ4v) is 3.58. The Labute approximate surface area is 124 Å². The first kappa shape index (κ1) is 12.6. The SMILES string of the molecule is OC(c1cccc2ccccc12)C1Cc2ccccc2C1. The van der Waals surface area contributed by atoms with E-state index in [4.69, 9.17) is 0 Å². The number of fused-ring (bicyclic) bond motifs is 2. The lowest BCUT2D eigenvalue weighted by molar-refractivity contribution is 0.115. The van der Waals surface area contributed by atoms with Gasteiger partial charge < -0.3 is 5.11 Å². The molecule has 1 aliphatic carbocycles. The molecule has 0 heterocycles. The van der Waals surface area contributed by atoms with Crippen LogP contribution in [0.2, 0.25) is 0 Å². The van der Waals surface area contributed by atoms with E-state index in [9.17, 15) is 5.11 Å². The Morgan fingerprint density at radius 1 is 0.762 bits per heavy atom. The first-order valence-corrected chi connectivity index (χ1v) is 7.55. The van der Waals surface area contributed by atoms with Crippen LogP contribution in [-0.2, 0) is 12.8 Å². The van der Waals surface area contributed by atoms with Crippen LogP contribution in [0.25, 0.3) is 10.8 Å². The number of aliphatic hydroxyl groups excluding tert-OH is 1. The molecule has 1 aliphatic rings. The molecule has 3 aromatic carbocycles. The van der Waals surface area contributed by atoms with E-state index in [0.717, 1.165) is 18.4 Å². The third-order valence-electron chi connectivity index (χ3n) is 4.67. The minimum absolute atomic E-state index is 0.285. The molecule has 0 bridgehead atoms. The maximum Gasteiger partial charge on any atom is 0.0830 e. The molecule has 3 aromatic rings. The average molecular weight is 274 g/mol. The summed E-state index contributed by atoms with van der Waals surface area (Å²) in [5.41, 5.74) is 3.84. The summed E-state index contributed by atoms with van der Waals surface area (Å²) in [5.74, 6) is 0.285. The van der Waals surface area contributed by atoms with Gasteiger partial charge in [0.25, 0.3) is 0 Å². The van der Waals surface area contributed by atoms with Crippen LogP contribution in [0.5, 0.6) is 0 Å². The zero-order valence-electron chi connectivity index (χ0n) is 11.9. The molecule has 0 fully saturated rings. The zero-order chi connectivity index (χ0) is 14.2. The highest BCUT2D eigenvalue weighted by atomic mass is 16.3. The molecular weight excluding hydrogens is 256 g/mol. The van der Waals surface area contributed by atoms with Crippen molar-refractivity contribution < 1.29 is 5.11 Å². The summed E-state index contributed by atoms with van der Waals surface area (Å²) in [6.07, 6.45) is 1.55. The topological polar surface area (TPSA) is 20.2 Å². The highest BCUT2D eigenvalue weighted by Crippen LogP contribution is 2.37. The molecule has 1 atom stereocenters. The van der Waals surface area contributed by atoms with E-state index in [1.54, 1.807) is 0 Å². The predicted octanol–water partition coefficient (Wildman–Crippen LogP) is 4.29. The monoisotopic (exact) mass is 274 g/mol. The van der Waals surface area contributed by atoms with Gasteiger partial charge in [-0.2, -0.15) is 0 Å². The molecule has 0 aromatic heterocycles. The minimum atomic E-state index is -0.400. The van der Waals surface area contributed by atoms with Crippen LogP contribution in [0, 0.1) is 5.92 Å². The van der Waals surface area contributed by atoms with E-state index >= 15 is 0 Å². The lowest BCUT2D eigenvalue weighted by Crippen LogP contribution is -2.13. The third kappa shape index (κ3) is 2.14. The Kier molecular flexibility index (Phi) is 3.01. The maximum absolute atomic E-state index is 10.9. The van der Waals surface area contributed by atoms with Gasteiger partial charge in [-0.15, -0.1) is 0 Å². The summed E-state index contributed by atoms with van der Waals surface area (Å²) < 4.78 is 0. The molecule has 0 radical (unpaired) electrons. The van der Waals surface area contributed by atoms with Crippen molar-refractivity contribution in [2.75, 3.05) is 0 Å². The van der Waals surface area contributed by atoms with Gasteiger partial charge >= 0.3 is 0 Å². The van der Waals surface area contributed by atoms with Crippen LogP contribution in [-0.4, -0.2) is 5.11 Å². The first-order chi connectivity index (χ1) is 10.3. The lowest BCUT2D eigenvalue weighted by atomic mass is 9.90. The zero-order valence-corrected chi connectivity index (χ0v) is 11.9. The highest BCUT2D eigenvalue weighted by molar-refractivity contribution is 5.86. The van der Waals surface area contributed by atoms with Crippen molar-refractivity contribution in [1.29, 1.82) is 0 Å². The summed E-state index contributed by atoms with van der Waals surface area (Å²) in [5, 5.41) is 13.3. The van der Waals surface area contributed by atoms with Crippen LogP contribution in [0.1, 0.15) is 22.8 Å². The number of hydrogen-bond donors (Lipinski definition) is 1.